The van der Waals surface area contributed by atoms with E-state index in [1.807, 2.05) is 30.3 Å². The molecule has 6 atom stereocenters. The fraction of sp³-hybridized carbons (Fsp3) is 0.351. The lowest BCUT2D eigenvalue weighted by atomic mass is 9.49. The van der Waals surface area contributed by atoms with Crippen molar-refractivity contribution in [2.45, 2.75) is 44.9 Å². The molecule has 3 fully saturated rings. The normalized spacial score (nSPS) is 27.9. The predicted octanol–water partition coefficient (Wildman–Crippen LogP) is 6.33. The summed E-state index contributed by atoms with van der Waals surface area (Å²) in [6, 6.07) is 15.6. The molecule has 0 bridgehead atoms. The topological polar surface area (TPSA) is 116 Å². The zero-order chi connectivity index (χ0) is 34.2. The van der Waals surface area contributed by atoms with Crippen LogP contribution in [0, 0.1) is 37.5 Å². The smallest absolute Gasteiger partial charge is 0.260 e. The maximum Gasteiger partial charge on any atom is 0.260 e. The minimum absolute atomic E-state index is 0.142. The Morgan fingerprint density at radius 3 is 2.25 bits per heavy atom. The molecule has 3 aromatic rings. The number of allylic oxidation sites excluding steroid dienone is 2. The SMILES string of the molecule is CCN1C(=O)[C@H]2[C@H](CC=C3[C@H]2C[C@H]2C(=O)N(Nc4ccc(Cl)cc4Cl)C(=O)[C@@]2(c2ccc(OC)cc2)[C@H]3c2cc(C)c(O)c(C)c2)C1=O. The van der Waals surface area contributed by atoms with Crippen LogP contribution in [0.5, 0.6) is 11.5 Å². The molecule has 1 saturated carbocycles. The Labute approximate surface area is 288 Å². The van der Waals surface area contributed by atoms with Crippen molar-refractivity contribution in [3.63, 3.8) is 0 Å². The van der Waals surface area contributed by atoms with Crippen molar-refractivity contribution in [1.29, 1.82) is 0 Å². The summed E-state index contributed by atoms with van der Waals surface area (Å²) in [4.78, 5) is 58.7. The highest BCUT2D eigenvalue weighted by atomic mass is 35.5. The van der Waals surface area contributed by atoms with E-state index >= 15 is 4.79 Å². The Balaban J connectivity index is 1.49. The van der Waals surface area contributed by atoms with Gasteiger partial charge in [0, 0.05) is 17.5 Å². The summed E-state index contributed by atoms with van der Waals surface area (Å²) in [5.74, 6) is -3.94. The molecule has 248 valence electrons. The van der Waals surface area contributed by atoms with Gasteiger partial charge in [-0.15, -0.1) is 0 Å². The molecule has 11 heteroatoms. The van der Waals surface area contributed by atoms with E-state index in [0.29, 0.717) is 39.6 Å². The van der Waals surface area contributed by atoms with Crippen molar-refractivity contribution in [1.82, 2.24) is 9.91 Å². The minimum atomic E-state index is -1.46. The fourth-order valence-electron chi connectivity index (χ4n) is 8.75. The molecule has 48 heavy (non-hydrogen) atoms. The van der Waals surface area contributed by atoms with Gasteiger partial charge in [0.25, 0.3) is 11.8 Å². The second-order valence-electron chi connectivity index (χ2n) is 13.1. The average molecular weight is 689 g/mol. The number of carbonyl (C=O) groups excluding carboxylic acids is 4. The quantitative estimate of drug-likeness (QED) is 0.230. The molecule has 2 heterocycles. The van der Waals surface area contributed by atoms with Crippen LogP contribution in [0.15, 0.2) is 66.2 Å². The van der Waals surface area contributed by atoms with E-state index in [9.17, 15) is 19.5 Å². The lowest BCUT2D eigenvalue weighted by Crippen LogP contribution is -2.53. The first-order chi connectivity index (χ1) is 22.9. The molecule has 7 rings (SSSR count). The number of ether oxygens (including phenoxy) is 1. The summed E-state index contributed by atoms with van der Waals surface area (Å²) in [5, 5.41) is 12.5. The number of hydrogen-bond donors (Lipinski definition) is 2. The molecular formula is C37H35Cl2N3O6. The summed E-state index contributed by atoms with van der Waals surface area (Å²) in [5.41, 5.74) is 5.29. The molecule has 9 nitrogen and oxygen atoms in total. The number of phenolic OH excluding ortho intramolecular Hbond substituents is 1. The first-order valence-electron chi connectivity index (χ1n) is 16.0. The summed E-state index contributed by atoms with van der Waals surface area (Å²) in [6.45, 7) is 5.64. The first-order valence-corrected chi connectivity index (χ1v) is 16.8. The van der Waals surface area contributed by atoms with Crippen LogP contribution in [0.1, 0.15) is 47.9 Å². The molecule has 4 aliphatic rings. The summed E-state index contributed by atoms with van der Waals surface area (Å²) >= 11 is 12.7. The number of rotatable bonds is 6. The molecule has 0 spiro atoms. The van der Waals surface area contributed by atoms with Gasteiger partial charge >= 0.3 is 0 Å². The molecular weight excluding hydrogens is 653 g/mol. The third kappa shape index (κ3) is 4.50. The molecule has 2 aliphatic carbocycles. The highest BCUT2D eigenvalue weighted by molar-refractivity contribution is 6.36. The maximum absolute atomic E-state index is 15.3. The third-order valence-corrected chi connectivity index (χ3v) is 11.4. The fourth-order valence-corrected chi connectivity index (χ4v) is 9.20. The number of fused-ring (bicyclic) bond motifs is 4. The van der Waals surface area contributed by atoms with Crippen molar-refractivity contribution in [3.05, 3.63) is 98.5 Å². The van der Waals surface area contributed by atoms with E-state index in [2.05, 4.69) is 5.43 Å². The van der Waals surface area contributed by atoms with Gasteiger partial charge in [-0.1, -0.05) is 59.1 Å². The third-order valence-electron chi connectivity index (χ3n) is 10.8. The number of methoxy groups -OCH3 is 1. The second kappa shape index (κ2) is 11.7. The van der Waals surface area contributed by atoms with Crippen molar-refractivity contribution in [2.24, 2.45) is 23.7 Å². The van der Waals surface area contributed by atoms with Gasteiger partial charge in [-0.3, -0.25) is 29.5 Å². The standard InChI is InChI=1S/C37H35Cl2N3O6/c1-5-41-33(44)25-12-11-24-26(30(25)35(41)46)17-27-34(45)42(40-29-13-8-22(38)16-28(29)39)36(47)37(27,21-6-9-23(48-4)10-7-21)31(24)20-14-18(2)32(43)19(3)15-20/h6-11,13-16,25-27,30-31,40,43H,5,12,17H2,1-4H3/t25-,26+,27-,30-,31-,37+/m0/s1. The molecule has 0 aromatic heterocycles. The predicted molar refractivity (Wildman–Crippen MR) is 181 cm³/mol. The molecule has 3 aromatic carbocycles. The number of nitrogens with one attached hydrogen (secondary N) is 1. The van der Waals surface area contributed by atoms with Crippen molar-refractivity contribution >= 4 is 52.5 Å². The molecule has 2 aliphatic heterocycles. The van der Waals surface area contributed by atoms with Crippen LogP contribution in [0.25, 0.3) is 0 Å². The Morgan fingerprint density at radius 2 is 1.62 bits per heavy atom. The lowest BCUT2D eigenvalue weighted by molar-refractivity contribution is -0.141. The van der Waals surface area contributed by atoms with Gasteiger partial charge < -0.3 is 9.84 Å². The number of phenols is 1. The van der Waals surface area contributed by atoms with Gasteiger partial charge in [0.15, 0.2) is 0 Å². The number of likely N-dealkylation sites (tertiary alicyclic amines) is 1. The number of imide groups is 2. The summed E-state index contributed by atoms with van der Waals surface area (Å²) in [6.07, 6.45) is 2.54. The molecule has 0 unspecified atom stereocenters. The average Bonchev–Trinajstić information content (AvgIpc) is 3.44. The Bertz CT molecular complexity index is 1900. The zero-order valence-electron chi connectivity index (χ0n) is 26.9. The molecule has 2 saturated heterocycles. The van der Waals surface area contributed by atoms with Crippen LogP contribution in [-0.4, -0.2) is 52.3 Å². The summed E-state index contributed by atoms with van der Waals surface area (Å²) < 4.78 is 5.46. The maximum atomic E-state index is 15.3. The van der Waals surface area contributed by atoms with Gasteiger partial charge in [-0.25, -0.2) is 0 Å². The van der Waals surface area contributed by atoms with Crippen LogP contribution >= 0.6 is 23.2 Å². The molecule has 4 amide bonds. The number of anilines is 1. The van der Waals surface area contributed by atoms with Crippen LogP contribution in [-0.2, 0) is 24.6 Å². The number of nitrogens with zero attached hydrogens (tertiary/aromatic N) is 2. The number of hydrazine groups is 1. The summed E-state index contributed by atoms with van der Waals surface area (Å²) in [7, 11) is 1.56. The van der Waals surface area contributed by atoms with Crippen molar-refractivity contribution in [2.75, 3.05) is 19.1 Å². The van der Waals surface area contributed by atoms with Gasteiger partial charge in [-0.2, -0.15) is 5.01 Å². The van der Waals surface area contributed by atoms with Crippen molar-refractivity contribution < 1.29 is 29.0 Å². The molecule has 2 N–H and O–H groups in total. The Kier molecular flexibility index (Phi) is 7.83. The monoisotopic (exact) mass is 687 g/mol. The number of halogens is 2. The number of aryl methyl sites for hydroxylation is 2. The molecule has 0 radical (unpaired) electrons. The number of carbonyl (C=O) groups is 4. The zero-order valence-corrected chi connectivity index (χ0v) is 28.4. The van der Waals surface area contributed by atoms with Gasteiger partial charge in [0.05, 0.1) is 41.0 Å². The van der Waals surface area contributed by atoms with E-state index in [0.717, 1.165) is 16.1 Å². The van der Waals surface area contributed by atoms with Crippen LogP contribution in [0.3, 0.4) is 0 Å². The van der Waals surface area contributed by atoms with E-state index in [1.165, 1.54) is 11.0 Å². The minimum Gasteiger partial charge on any atom is -0.507 e. The van der Waals surface area contributed by atoms with E-state index in [4.69, 9.17) is 27.9 Å². The lowest BCUT2D eigenvalue weighted by Gasteiger charge is -2.50. The largest absolute Gasteiger partial charge is 0.507 e. The first kappa shape index (κ1) is 32.2. The number of amides is 4. The van der Waals surface area contributed by atoms with E-state index < -0.39 is 46.8 Å². The Hall–Kier alpha value is -4.34. The number of aromatic hydroxyl groups is 1. The highest BCUT2D eigenvalue weighted by Gasteiger charge is 2.70. The van der Waals surface area contributed by atoms with Crippen LogP contribution in [0.2, 0.25) is 10.0 Å². The van der Waals surface area contributed by atoms with Crippen LogP contribution in [0.4, 0.5) is 5.69 Å². The number of hydrogen-bond acceptors (Lipinski definition) is 7. The van der Waals surface area contributed by atoms with Gasteiger partial charge in [-0.05, 0) is 92.1 Å². The van der Waals surface area contributed by atoms with Crippen LogP contribution < -0.4 is 10.2 Å². The van der Waals surface area contributed by atoms with Gasteiger partial charge in [0.2, 0.25) is 11.8 Å². The van der Waals surface area contributed by atoms with E-state index in [1.54, 1.807) is 52.1 Å². The van der Waals surface area contributed by atoms with Crippen molar-refractivity contribution in [3.8, 4) is 11.5 Å². The highest BCUT2D eigenvalue weighted by Crippen LogP contribution is 2.64. The second-order valence-corrected chi connectivity index (χ2v) is 14.0. The Morgan fingerprint density at radius 1 is 0.938 bits per heavy atom. The van der Waals surface area contributed by atoms with Gasteiger partial charge in [0.1, 0.15) is 11.5 Å². The van der Waals surface area contributed by atoms with E-state index in [-0.39, 0.29) is 35.6 Å². The number of benzene rings is 3.